The fourth-order valence-corrected chi connectivity index (χ4v) is 5.24. The molecule has 1 aliphatic heterocycles. The molecule has 1 aliphatic carbocycles. The Balaban J connectivity index is 1.53. The highest BCUT2D eigenvalue weighted by molar-refractivity contribution is 7.99. The van der Waals surface area contributed by atoms with E-state index in [2.05, 4.69) is 17.1 Å². The first kappa shape index (κ1) is 18.5. The van der Waals surface area contributed by atoms with Crippen LogP contribution in [0.4, 0.5) is 0 Å². The summed E-state index contributed by atoms with van der Waals surface area (Å²) in [5, 5.41) is 1.47. The first-order valence-electron chi connectivity index (χ1n) is 9.82. The number of ether oxygens (including phenoxy) is 1. The third-order valence-corrected chi connectivity index (χ3v) is 6.65. The van der Waals surface area contributed by atoms with Crippen LogP contribution in [0.1, 0.15) is 54.6 Å². The van der Waals surface area contributed by atoms with Crippen molar-refractivity contribution < 1.29 is 9.53 Å². The number of thioether (sulfide) groups is 1. The summed E-state index contributed by atoms with van der Waals surface area (Å²) in [4.78, 5) is 19.8. The lowest BCUT2D eigenvalue weighted by Crippen LogP contribution is -2.46. The van der Waals surface area contributed by atoms with E-state index in [1.807, 2.05) is 42.2 Å². The van der Waals surface area contributed by atoms with E-state index in [1.54, 1.807) is 18.0 Å². The average molecular weight is 383 g/mol. The second-order valence-electron chi connectivity index (χ2n) is 7.44. The van der Waals surface area contributed by atoms with Gasteiger partial charge in [0.05, 0.1) is 18.2 Å². The molecule has 0 N–H and O–H groups in total. The Morgan fingerprint density at radius 1 is 1.11 bits per heavy atom. The van der Waals surface area contributed by atoms with Crippen LogP contribution in [0.5, 0.6) is 0 Å². The van der Waals surface area contributed by atoms with E-state index in [1.165, 1.54) is 25.7 Å². The minimum absolute atomic E-state index is 0.00973. The molecule has 2 aromatic rings. The summed E-state index contributed by atoms with van der Waals surface area (Å²) in [6.45, 7) is 3.23. The lowest BCUT2D eigenvalue weighted by Gasteiger charge is -2.37. The van der Waals surface area contributed by atoms with Crippen LogP contribution >= 0.6 is 11.8 Å². The molecule has 2 fully saturated rings. The second kappa shape index (κ2) is 8.44. The third-order valence-electron chi connectivity index (χ3n) is 5.30. The van der Waals surface area contributed by atoms with Crippen molar-refractivity contribution in [3.63, 3.8) is 0 Å². The first-order valence-corrected chi connectivity index (χ1v) is 10.7. The number of rotatable bonds is 4. The van der Waals surface area contributed by atoms with Gasteiger partial charge in [-0.2, -0.15) is 0 Å². The lowest BCUT2D eigenvalue weighted by atomic mass is 10.1. The highest BCUT2D eigenvalue weighted by Gasteiger charge is 2.31. The molecular formula is C22H26N2O2S. The monoisotopic (exact) mass is 382 g/mol. The average Bonchev–Trinajstić information content (AvgIpc) is 3.21. The summed E-state index contributed by atoms with van der Waals surface area (Å²) in [5.41, 5.74) is 1.85. The Morgan fingerprint density at radius 3 is 2.67 bits per heavy atom. The number of pyridine rings is 1. The van der Waals surface area contributed by atoms with Gasteiger partial charge in [-0.3, -0.25) is 4.79 Å². The molecule has 2 aliphatic rings. The molecular weight excluding hydrogens is 356 g/mol. The highest BCUT2D eigenvalue weighted by atomic mass is 32.2. The van der Waals surface area contributed by atoms with E-state index in [9.17, 15) is 4.79 Å². The van der Waals surface area contributed by atoms with Crippen molar-refractivity contribution in [3.05, 3.63) is 59.8 Å². The van der Waals surface area contributed by atoms with Crippen molar-refractivity contribution in [3.8, 4) is 0 Å². The zero-order valence-corrected chi connectivity index (χ0v) is 16.5. The zero-order valence-electron chi connectivity index (χ0n) is 15.7. The minimum atomic E-state index is -0.0819. The molecule has 2 heterocycles. The second-order valence-corrected chi connectivity index (χ2v) is 8.73. The van der Waals surface area contributed by atoms with Crippen LogP contribution in [0.15, 0.2) is 53.7 Å². The van der Waals surface area contributed by atoms with E-state index in [0.29, 0.717) is 18.3 Å². The standard InChI is InChI=1S/C22H26N2O2S/c1-16-14-24(15-20(26-16)17-8-3-2-4-9-17)22(25)19-12-7-13-23-21(19)27-18-10-5-6-11-18/h2-4,7-9,12-13,16,18,20H,5-6,10-11,14-15H2,1H3. The maximum atomic E-state index is 13.3. The van der Waals surface area contributed by atoms with Gasteiger partial charge in [-0.1, -0.05) is 43.2 Å². The fourth-order valence-electron chi connectivity index (χ4n) is 3.95. The molecule has 4 rings (SSSR count). The van der Waals surface area contributed by atoms with Gasteiger partial charge in [-0.05, 0) is 37.5 Å². The summed E-state index contributed by atoms with van der Waals surface area (Å²) < 4.78 is 6.11. The summed E-state index contributed by atoms with van der Waals surface area (Å²) >= 11 is 1.78. The van der Waals surface area contributed by atoms with Crippen LogP contribution in [-0.4, -0.2) is 40.2 Å². The molecule has 1 saturated heterocycles. The smallest absolute Gasteiger partial charge is 0.256 e. The van der Waals surface area contributed by atoms with Gasteiger partial charge in [0.25, 0.3) is 5.91 Å². The van der Waals surface area contributed by atoms with E-state index in [-0.39, 0.29) is 18.1 Å². The molecule has 2 atom stereocenters. The van der Waals surface area contributed by atoms with Crippen molar-refractivity contribution >= 4 is 17.7 Å². The normalized spacial score (nSPS) is 23.5. The maximum Gasteiger partial charge on any atom is 0.256 e. The Bertz CT molecular complexity index is 777. The van der Waals surface area contributed by atoms with Crippen molar-refractivity contribution in [2.24, 2.45) is 0 Å². The van der Waals surface area contributed by atoms with E-state index < -0.39 is 0 Å². The van der Waals surface area contributed by atoms with Crippen molar-refractivity contribution in [1.29, 1.82) is 0 Å². The quantitative estimate of drug-likeness (QED) is 0.767. The largest absolute Gasteiger partial charge is 0.367 e. The molecule has 0 bridgehead atoms. The van der Waals surface area contributed by atoms with E-state index in [4.69, 9.17) is 4.74 Å². The SMILES string of the molecule is CC1CN(C(=O)c2cccnc2SC2CCCC2)CC(c2ccccc2)O1. The first-order chi connectivity index (χ1) is 13.2. The number of benzene rings is 1. The fraction of sp³-hybridized carbons (Fsp3) is 0.455. The summed E-state index contributed by atoms with van der Waals surface area (Å²) in [7, 11) is 0. The molecule has 27 heavy (non-hydrogen) atoms. The van der Waals surface area contributed by atoms with Gasteiger partial charge in [0, 0.05) is 18.0 Å². The van der Waals surface area contributed by atoms with E-state index in [0.717, 1.165) is 16.2 Å². The Kier molecular flexibility index (Phi) is 5.79. The van der Waals surface area contributed by atoms with Gasteiger partial charge in [0.1, 0.15) is 11.1 Å². The number of amides is 1. The third kappa shape index (κ3) is 4.36. The minimum Gasteiger partial charge on any atom is -0.367 e. The Morgan fingerprint density at radius 2 is 1.89 bits per heavy atom. The number of aromatic nitrogens is 1. The molecule has 0 radical (unpaired) electrons. The van der Waals surface area contributed by atoms with Gasteiger partial charge in [-0.15, -0.1) is 11.8 Å². The summed E-state index contributed by atoms with van der Waals surface area (Å²) in [6.07, 6.45) is 6.74. The molecule has 5 heteroatoms. The molecule has 1 amide bonds. The van der Waals surface area contributed by atoms with Crippen LogP contribution < -0.4 is 0 Å². The number of carbonyl (C=O) groups excluding carboxylic acids is 1. The van der Waals surface area contributed by atoms with E-state index >= 15 is 0 Å². The Hall–Kier alpha value is -1.85. The predicted octanol–water partition coefficient (Wildman–Crippen LogP) is 4.72. The summed E-state index contributed by atoms with van der Waals surface area (Å²) in [6, 6.07) is 14.0. The van der Waals surface area contributed by atoms with Gasteiger partial charge in [0.15, 0.2) is 0 Å². The van der Waals surface area contributed by atoms with Gasteiger partial charge in [0.2, 0.25) is 0 Å². The maximum absolute atomic E-state index is 13.3. The van der Waals surface area contributed by atoms with Gasteiger partial charge < -0.3 is 9.64 Å². The summed E-state index contributed by atoms with van der Waals surface area (Å²) in [5.74, 6) is 0.0691. The zero-order chi connectivity index (χ0) is 18.6. The highest BCUT2D eigenvalue weighted by Crippen LogP contribution is 2.36. The van der Waals surface area contributed by atoms with Crippen LogP contribution in [0.3, 0.4) is 0 Å². The molecule has 2 unspecified atom stereocenters. The van der Waals surface area contributed by atoms with Gasteiger partial charge in [-0.25, -0.2) is 4.98 Å². The predicted molar refractivity (Wildman–Crippen MR) is 108 cm³/mol. The molecule has 142 valence electrons. The van der Waals surface area contributed by atoms with Crippen molar-refractivity contribution in [1.82, 2.24) is 9.88 Å². The molecule has 1 aromatic heterocycles. The lowest BCUT2D eigenvalue weighted by molar-refractivity contribution is -0.0692. The molecule has 1 aromatic carbocycles. The Labute approximate surface area is 165 Å². The number of morpholine rings is 1. The number of hydrogen-bond donors (Lipinski definition) is 0. The van der Waals surface area contributed by atoms with Gasteiger partial charge >= 0.3 is 0 Å². The van der Waals surface area contributed by atoms with Crippen LogP contribution in [-0.2, 0) is 4.74 Å². The topological polar surface area (TPSA) is 42.4 Å². The van der Waals surface area contributed by atoms with Crippen LogP contribution in [0.25, 0.3) is 0 Å². The van der Waals surface area contributed by atoms with Crippen LogP contribution in [0, 0.1) is 0 Å². The number of hydrogen-bond acceptors (Lipinski definition) is 4. The van der Waals surface area contributed by atoms with Crippen LogP contribution in [0.2, 0.25) is 0 Å². The molecule has 4 nitrogen and oxygen atoms in total. The number of nitrogens with zero attached hydrogens (tertiary/aromatic N) is 2. The number of carbonyl (C=O) groups is 1. The molecule has 1 saturated carbocycles. The van der Waals surface area contributed by atoms with Crippen molar-refractivity contribution in [2.45, 2.75) is 55.1 Å². The molecule has 0 spiro atoms. The van der Waals surface area contributed by atoms with Crippen molar-refractivity contribution in [2.75, 3.05) is 13.1 Å².